The molecular weight excluding hydrogens is 424 g/mol. The van der Waals surface area contributed by atoms with Crippen LogP contribution in [0.4, 0.5) is 8.78 Å². The molecule has 3 aromatic rings. The molecule has 3 heterocycles. The Morgan fingerprint density at radius 2 is 1.73 bits per heavy atom. The predicted octanol–water partition coefficient (Wildman–Crippen LogP) is 4.78. The van der Waals surface area contributed by atoms with Gasteiger partial charge in [-0.3, -0.25) is 4.90 Å². The monoisotopic (exact) mass is 449 g/mol. The van der Waals surface area contributed by atoms with E-state index in [1.165, 1.54) is 30.9 Å². The zero-order chi connectivity index (χ0) is 22.8. The van der Waals surface area contributed by atoms with Gasteiger partial charge in [0, 0.05) is 42.5 Å². The number of piperidine rings is 1. The van der Waals surface area contributed by atoms with Gasteiger partial charge in [-0.25, -0.2) is 9.37 Å². The second kappa shape index (κ2) is 9.00. The Balaban J connectivity index is 1.24. The van der Waals surface area contributed by atoms with Crippen LogP contribution in [0, 0.1) is 11.8 Å². The summed E-state index contributed by atoms with van der Waals surface area (Å²) in [4.78, 5) is 11.3. The van der Waals surface area contributed by atoms with Gasteiger partial charge in [-0.1, -0.05) is 29.4 Å². The van der Waals surface area contributed by atoms with Gasteiger partial charge in [-0.15, -0.1) is 0 Å². The number of rotatable bonds is 5. The highest BCUT2D eigenvalue weighted by molar-refractivity contribution is 6.12. The van der Waals surface area contributed by atoms with Gasteiger partial charge in [-0.2, -0.15) is 4.39 Å². The molecule has 0 unspecified atom stereocenters. The molecule has 2 aromatic carbocycles. The number of halogens is 2. The Bertz CT molecular complexity index is 1160. The molecule has 0 amide bonds. The van der Waals surface area contributed by atoms with E-state index >= 15 is 0 Å². The quantitative estimate of drug-likeness (QED) is 0.320. The van der Waals surface area contributed by atoms with Crippen molar-refractivity contribution in [3.63, 3.8) is 0 Å². The second-order valence-corrected chi connectivity index (χ2v) is 8.55. The van der Waals surface area contributed by atoms with E-state index in [-0.39, 0.29) is 11.4 Å². The number of pyridine rings is 1. The van der Waals surface area contributed by atoms with Gasteiger partial charge in [0.2, 0.25) is 5.95 Å². The molecule has 0 N–H and O–H groups in total. The number of benzene rings is 2. The van der Waals surface area contributed by atoms with Gasteiger partial charge < -0.3 is 9.57 Å². The van der Waals surface area contributed by atoms with E-state index < -0.39 is 5.95 Å². The molecule has 0 saturated carbocycles. The summed E-state index contributed by atoms with van der Waals surface area (Å²) in [6, 6.07) is 15.9. The number of ether oxygens (including phenoxy) is 1. The molecule has 1 aromatic heterocycles. The molecule has 7 heteroatoms. The number of hydrogen-bond donors (Lipinski definition) is 0. The Kier molecular flexibility index (Phi) is 5.91. The van der Waals surface area contributed by atoms with Gasteiger partial charge in [0.15, 0.2) is 0 Å². The first-order valence-electron chi connectivity index (χ1n) is 11.0. The smallest absolute Gasteiger partial charge is 0.213 e. The third-order valence-corrected chi connectivity index (χ3v) is 6.55. The van der Waals surface area contributed by atoms with Crippen LogP contribution in [0.5, 0.6) is 0 Å². The average molecular weight is 450 g/mol. The highest BCUT2D eigenvalue weighted by atomic mass is 19.1. The summed E-state index contributed by atoms with van der Waals surface area (Å²) in [5, 5.41) is 4.15. The van der Waals surface area contributed by atoms with E-state index in [0.717, 1.165) is 54.7 Å². The van der Waals surface area contributed by atoms with Gasteiger partial charge in [0.25, 0.3) is 0 Å². The Morgan fingerprint density at radius 1 is 1.06 bits per heavy atom. The number of nitrogens with zero attached hydrogens (tertiary/aromatic N) is 3. The molecule has 5 nitrogen and oxygen atoms in total. The lowest BCUT2D eigenvalue weighted by Crippen LogP contribution is -2.42. The van der Waals surface area contributed by atoms with Crippen LogP contribution in [0.15, 0.2) is 65.9 Å². The summed E-state index contributed by atoms with van der Waals surface area (Å²) in [5.74, 6) is -0.738. The summed E-state index contributed by atoms with van der Waals surface area (Å²) in [7, 11) is 1.50. The normalized spacial score (nSPS) is 17.8. The molecule has 0 bridgehead atoms. The van der Waals surface area contributed by atoms with Gasteiger partial charge >= 0.3 is 0 Å². The lowest BCUT2D eigenvalue weighted by Gasteiger charge is -2.39. The lowest BCUT2D eigenvalue weighted by molar-refractivity contribution is -0.0800. The van der Waals surface area contributed by atoms with Crippen molar-refractivity contribution in [2.45, 2.75) is 31.6 Å². The van der Waals surface area contributed by atoms with Crippen LogP contribution in [-0.2, 0) is 28.3 Å². The molecule has 33 heavy (non-hydrogen) atoms. The maximum absolute atomic E-state index is 13.5. The molecule has 0 aliphatic carbocycles. The minimum atomic E-state index is -0.451. The molecular formula is C26H25F2N3O2. The highest BCUT2D eigenvalue weighted by Crippen LogP contribution is 2.44. The number of hydrogen-bond acceptors (Lipinski definition) is 5. The summed E-state index contributed by atoms with van der Waals surface area (Å²) in [5.41, 5.74) is 5.17. The summed E-state index contributed by atoms with van der Waals surface area (Å²) in [6.07, 6.45) is 3.37. The fourth-order valence-corrected chi connectivity index (χ4v) is 4.77. The van der Waals surface area contributed by atoms with E-state index in [1.807, 2.05) is 12.1 Å². The van der Waals surface area contributed by atoms with Crippen LogP contribution in [0.2, 0.25) is 0 Å². The zero-order valence-corrected chi connectivity index (χ0v) is 18.4. The molecule has 2 aliphatic heterocycles. The van der Waals surface area contributed by atoms with Crippen LogP contribution in [0.25, 0.3) is 0 Å². The highest BCUT2D eigenvalue weighted by Gasteiger charge is 2.43. The predicted molar refractivity (Wildman–Crippen MR) is 121 cm³/mol. The van der Waals surface area contributed by atoms with Crippen molar-refractivity contribution in [1.29, 1.82) is 0 Å². The first-order chi connectivity index (χ1) is 16.1. The van der Waals surface area contributed by atoms with Crippen molar-refractivity contribution in [3.05, 3.63) is 100 Å². The fraction of sp³-hybridized carbons (Fsp3) is 0.308. The zero-order valence-electron chi connectivity index (χ0n) is 18.4. The van der Waals surface area contributed by atoms with Crippen LogP contribution < -0.4 is 0 Å². The molecule has 1 saturated heterocycles. The number of likely N-dealkylation sites (tertiary alicyclic amines) is 1. The maximum Gasteiger partial charge on any atom is 0.213 e. The number of oxime groups is 1. The topological polar surface area (TPSA) is 47.0 Å². The van der Waals surface area contributed by atoms with E-state index in [9.17, 15) is 8.78 Å². The van der Waals surface area contributed by atoms with Gasteiger partial charge in [0.05, 0.1) is 12.2 Å². The molecule has 170 valence electrons. The van der Waals surface area contributed by atoms with Crippen molar-refractivity contribution < 1.29 is 18.4 Å². The van der Waals surface area contributed by atoms with Crippen molar-refractivity contribution >= 4 is 5.71 Å². The maximum atomic E-state index is 13.5. The second-order valence-electron chi connectivity index (χ2n) is 8.55. The van der Waals surface area contributed by atoms with Crippen molar-refractivity contribution in [1.82, 2.24) is 9.88 Å². The molecule has 1 fully saturated rings. The molecule has 2 aliphatic rings. The van der Waals surface area contributed by atoms with Crippen LogP contribution in [0.3, 0.4) is 0 Å². The number of fused-ring (bicyclic) bond motifs is 2. The minimum Gasteiger partial charge on any atom is -0.399 e. The van der Waals surface area contributed by atoms with Crippen LogP contribution >= 0.6 is 0 Å². The van der Waals surface area contributed by atoms with E-state index in [1.54, 1.807) is 18.3 Å². The summed E-state index contributed by atoms with van der Waals surface area (Å²) in [6.45, 7) is 3.07. The molecule has 0 atom stereocenters. The summed E-state index contributed by atoms with van der Waals surface area (Å²) >= 11 is 0. The standard InChI is InChI=1S/C26H25F2N3O2/c1-32-30-25(20-6-8-22(27)9-7-20)19-4-2-18(3-5-19)16-31-12-10-26(11-13-31)23-15-29-24(28)14-21(23)17-33-26/h2-9,14-15H,10-13,16-17H2,1H3/b30-25+. The Labute approximate surface area is 191 Å². The van der Waals surface area contributed by atoms with Gasteiger partial charge in [0.1, 0.15) is 18.6 Å². The third kappa shape index (κ3) is 4.38. The Hall–Kier alpha value is -3.16. The Morgan fingerprint density at radius 3 is 2.39 bits per heavy atom. The van der Waals surface area contributed by atoms with Crippen molar-refractivity contribution in [3.8, 4) is 0 Å². The van der Waals surface area contributed by atoms with Gasteiger partial charge in [-0.05, 0) is 54.3 Å². The number of aromatic nitrogens is 1. The fourth-order valence-electron chi connectivity index (χ4n) is 4.77. The third-order valence-electron chi connectivity index (χ3n) is 6.55. The largest absolute Gasteiger partial charge is 0.399 e. The summed E-state index contributed by atoms with van der Waals surface area (Å²) < 4.78 is 32.9. The van der Waals surface area contributed by atoms with Crippen LogP contribution in [-0.4, -0.2) is 35.8 Å². The SMILES string of the molecule is CO/N=C(/c1ccc(F)cc1)c1ccc(CN2CCC3(CC2)OCc2cc(F)ncc23)cc1. The minimum absolute atomic E-state index is 0.288. The molecule has 5 rings (SSSR count). The lowest BCUT2D eigenvalue weighted by atomic mass is 9.84. The van der Waals surface area contributed by atoms with Crippen molar-refractivity contribution in [2.75, 3.05) is 20.2 Å². The first-order valence-corrected chi connectivity index (χ1v) is 11.0. The molecule has 0 radical (unpaired) electrons. The van der Waals surface area contributed by atoms with Crippen LogP contribution in [0.1, 0.15) is 40.7 Å². The first kappa shape index (κ1) is 21.7. The van der Waals surface area contributed by atoms with E-state index in [4.69, 9.17) is 9.57 Å². The molecule has 1 spiro atoms. The average Bonchev–Trinajstić information content (AvgIpc) is 3.17. The van der Waals surface area contributed by atoms with E-state index in [0.29, 0.717) is 12.3 Å². The van der Waals surface area contributed by atoms with E-state index in [2.05, 4.69) is 27.2 Å². The van der Waals surface area contributed by atoms with Crippen molar-refractivity contribution in [2.24, 2.45) is 5.16 Å².